The number of rotatable bonds is 7. The molecule has 1 atom stereocenters. The monoisotopic (exact) mass is 346 g/mol. The first-order valence-corrected chi connectivity index (χ1v) is 7.52. The summed E-state index contributed by atoms with van der Waals surface area (Å²) in [5, 5.41) is 2.66. The van der Waals surface area contributed by atoms with Crippen molar-refractivity contribution >= 4 is 17.5 Å². The van der Waals surface area contributed by atoms with Crippen LogP contribution >= 0.6 is 0 Å². The Bertz CT molecular complexity index is 576. The molecule has 0 heterocycles. The van der Waals surface area contributed by atoms with Crippen molar-refractivity contribution in [1.82, 2.24) is 4.90 Å². The topological polar surface area (TPSA) is 58.6 Å². The fourth-order valence-corrected chi connectivity index (χ4v) is 2.11. The second kappa shape index (κ2) is 8.68. The van der Waals surface area contributed by atoms with Gasteiger partial charge in [-0.2, -0.15) is 13.2 Å². The van der Waals surface area contributed by atoms with E-state index in [-0.39, 0.29) is 12.5 Å². The van der Waals surface area contributed by atoms with Gasteiger partial charge in [0.2, 0.25) is 0 Å². The van der Waals surface area contributed by atoms with Crippen LogP contribution in [0.25, 0.3) is 0 Å². The quantitative estimate of drug-likeness (QED) is 0.826. The summed E-state index contributed by atoms with van der Waals surface area (Å²) >= 11 is 0. The Hall–Kier alpha value is -2.09. The van der Waals surface area contributed by atoms with Crippen LogP contribution in [0, 0.1) is 0 Å². The number of alkyl halides is 3. The van der Waals surface area contributed by atoms with E-state index in [1.54, 1.807) is 25.1 Å². The Morgan fingerprint density at radius 1 is 1.29 bits per heavy atom. The van der Waals surface area contributed by atoms with E-state index in [0.717, 1.165) is 7.05 Å². The van der Waals surface area contributed by atoms with Gasteiger partial charge in [0.25, 0.3) is 5.91 Å². The predicted octanol–water partition coefficient (Wildman–Crippen LogP) is 2.96. The Morgan fingerprint density at radius 3 is 2.50 bits per heavy atom. The number of nitrogens with zero attached hydrogens (tertiary/aromatic N) is 1. The zero-order chi connectivity index (χ0) is 18.3. The molecule has 2 amide bonds. The Labute approximate surface area is 138 Å². The predicted molar refractivity (Wildman–Crippen MR) is 83.3 cm³/mol. The second-order valence-corrected chi connectivity index (χ2v) is 5.20. The molecule has 0 spiro atoms. The first-order valence-electron chi connectivity index (χ1n) is 7.52. The molecule has 0 saturated heterocycles. The lowest BCUT2D eigenvalue weighted by atomic mass is 10.1. The highest BCUT2D eigenvalue weighted by Gasteiger charge is 2.41. The molecule has 1 rings (SSSR count). The van der Waals surface area contributed by atoms with Gasteiger partial charge in [-0.1, -0.05) is 19.1 Å². The van der Waals surface area contributed by atoms with E-state index in [9.17, 15) is 22.8 Å². The number of carbonyl (C=O) groups is 2. The highest BCUT2D eigenvalue weighted by Crippen LogP contribution is 2.20. The number of benzene rings is 1. The number of hydrogen-bond acceptors (Lipinski definition) is 3. The molecular formula is C16H21F3N2O3. The molecule has 1 N–H and O–H groups in total. The number of hydrogen-bond donors (Lipinski definition) is 1. The summed E-state index contributed by atoms with van der Waals surface area (Å²) in [6, 6.07) is 6.32. The van der Waals surface area contributed by atoms with Crippen LogP contribution in [0.2, 0.25) is 0 Å². The summed E-state index contributed by atoms with van der Waals surface area (Å²) in [4.78, 5) is 23.8. The Kier molecular flexibility index (Phi) is 7.21. The third kappa shape index (κ3) is 5.84. The maximum absolute atomic E-state index is 12.4. The maximum Gasteiger partial charge on any atom is 0.471 e. The SMILES string of the molecule is CCOC(CC)C(=O)Nc1cccc(CN(C)C(=O)C(F)(F)F)c1. The minimum absolute atomic E-state index is 0.218. The van der Waals surface area contributed by atoms with Crippen LogP contribution in [0.3, 0.4) is 0 Å². The fourth-order valence-electron chi connectivity index (χ4n) is 2.11. The molecule has 0 fully saturated rings. The highest BCUT2D eigenvalue weighted by atomic mass is 19.4. The van der Waals surface area contributed by atoms with Crippen molar-refractivity contribution in [2.75, 3.05) is 19.0 Å². The Morgan fingerprint density at radius 2 is 1.96 bits per heavy atom. The fraction of sp³-hybridized carbons (Fsp3) is 0.500. The van der Waals surface area contributed by atoms with Crippen molar-refractivity contribution in [3.8, 4) is 0 Å². The third-order valence-corrected chi connectivity index (χ3v) is 3.23. The normalized spacial score (nSPS) is 12.6. The van der Waals surface area contributed by atoms with Gasteiger partial charge >= 0.3 is 12.1 Å². The second-order valence-electron chi connectivity index (χ2n) is 5.20. The molecule has 0 aromatic heterocycles. The van der Waals surface area contributed by atoms with E-state index >= 15 is 0 Å². The van der Waals surface area contributed by atoms with Gasteiger partial charge in [0.05, 0.1) is 0 Å². The van der Waals surface area contributed by atoms with Crippen LogP contribution in [0.4, 0.5) is 18.9 Å². The average Bonchev–Trinajstić information content (AvgIpc) is 2.51. The van der Waals surface area contributed by atoms with Crippen LogP contribution in [0.1, 0.15) is 25.8 Å². The summed E-state index contributed by atoms with van der Waals surface area (Å²) < 4.78 is 42.5. The van der Waals surface area contributed by atoms with Crippen molar-refractivity contribution in [3.05, 3.63) is 29.8 Å². The first-order chi connectivity index (χ1) is 11.2. The number of amides is 2. The van der Waals surface area contributed by atoms with Crippen LogP contribution in [0.15, 0.2) is 24.3 Å². The van der Waals surface area contributed by atoms with Gasteiger partial charge < -0.3 is 15.0 Å². The van der Waals surface area contributed by atoms with Crippen LogP contribution in [0.5, 0.6) is 0 Å². The van der Waals surface area contributed by atoms with E-state index < -0.39 is 18.2 Å². The molecule has 0 radical (unpaired) electrons. The van der Waals surface area contributed by atoms with Gasteiger partial charge in [-0.25, -0.2) is 0 Å². The molecule has 0 bridgehead atoms. The zero-order valence-corrected chi connectivity index (χ0v) is 13.8. The molecule has 1 aromatic rings. The van der Waals surface area contributed by atoms with Crippen molar-refractivity contribution in [1.29, 1.82) is 0 Å². The number of anilines is 1. The number of halogens is 3. The minimum Gasteiger partial charge on any atom is -0.369 e. The molecule has 0 aliphatic carbocycles. The van der Waals surface area contributed by atoms with Crippen molar-refractivity contribution in [2.24, 2.45) is 0 Å². The molecule has 5 nitrogen and oxygen atoms in total. The lowest BCUT2D eigenvalue weighted by molar-refractivity contribution is -0.184. The van der Waals surface area contributed by atoms with Gasteiger partial charge in [0, 0.05) is 25.9 Å². The van der Waals surface area contributed by atoms with Crippen molar-refractivity contribution < 1.29 is 27.5 Å². The number of nitrogens with one attached hydrogen (secondary N) is 1. The molecule has 1 aromatic carbocycles. The summed E-state index contributed by atoms with van der Waals surface area (Å²) in [5.41, 5.74) is 0.904. The van der Waals surface area contributed by atoms with Gasteiger partial charge in [-0.3, -0.25) is 9.59 Å². The summed E-state index contributed by atoms with van der Waals surface area (Å²) in [5.74, 6) is -2.24. The molecule has 8 heteroatoms. The standard InChI is InChI=1S/C16H21F3N2O3/c1-4-13(24-5-2)14(22)20-12-8-6-7-11(9-12)10-21(3)15(23)16(17,18)19/h6-9,13H,4-5,10H2,1-3H3,(H,20,22). The number of ether oxygens (including phenoxy) is 1. The Balaban J connectivity index is 2.77. The molecule has 24 heavy (non-hydrogen) atoms. The molecule has 0 aliphatic rings. The van der Waals surface area contributed by atoms with Gasteiger partial charge in [0.15, 0.2) is 0 Å². The van der Waals surface area contributed by atoms with E-state index in [4.69, 9.17) is 4.74 Å². The maximum atomic E-state index is 12.4. The van der Waals surface area contributed by atoms with Crippen LogP contribution in [-0.4, -0.2) is 42.6 Å². The van der Waals surface area contributed by atoms with Gasteiger partial charge in [-0.15, -0.1) is 0 Å². The van der Waals surface area contributed by atoms with E-state index in [2.05, 4.69) is 5.32 Å². The summed E-state index contributed by atoms with van der Waals surface area (Å²) in [7, 11) is 1.07. The van der Waals surface area contributed by atoms with Crippen molar-refractivity contribution in [3.63, 3.8) is 0 Å². The molecular weight excluding hydrogens is 325 g/mol. The van der Waals surface area contributed by atoms with Crippen molar-refractivity contribution in [2.45, 2.75) is 39.1 Å². The zero-order valence-electron chi connectivity index (χ0n) is 13.8. The average molecular weight is 346 g/mol. The first kappa shape index (κ1) is 20.0. The largest absolute Gasteiger partial charge is 0.471 e. The molecule has 134 valence electrons. The molecule has 0 saturated carbocycles. The minimum atomic E-state index is -4.91. The highest BCUT2D eigenvalue weighted by molar-refractivity contribution is 5.94. The van der Waals surface area contributed by atoms with Gasteiger partial charge in [-0.05, 0) is 31.0 Å². The summed E-state index contributed by atoms with van der Waals surface area (Å²) in [6.45, 7) is 3.78. The molecule has 0 aliphatic heterocycles. The van der Waals surface area contributed by atoms with E-state index in [1.165, 1.54) is 6.07 Å². The smallest absolute Gasteiger partial charge is 0.369 e. The lowest BCUT2D eigenvalue weighted by Crippen LogP contribution is -2.37. The number of carbonyl (C=O) groups excluding carboxylic acids is 2. The third-order valence-electron chi connectivity index (χ3n) is 3.23. The lowest BCUT2D eigenvalue weighted by Gasteiger charge is -2.19. The van der Waals surface area contributed by atoms with E-state index in [0.29, 0.717) is 29.2 Å². The van der Waals surface area contributed by atoms with Crippen LogP contribution < -0.4 is 5.32 Å². The van der Waals surface area contributed by atoms with Gasteiger partial charge in [0.1, 0.15) is 6.10 Å². The summed E-state index contributed by atoms with van der Waals surface area (Å²) in [6.07, 6.45) is -5.00. The molecule has 1 unspecified atom stereocenters. The van der Waals surface area contributed by atoms with E-state index in [1.807, 2.05) is 6.92 Å². The van der Waals surface area contributed by atoms with Crippen LogP contribution in [-0.2, 0) is 20.9 Å².